The largest absolute Gasteiger partial charge is 0.495 e. The molecule has 35 heavy (non-hydrogen) atoms. The number of nitrogens with one attached hydrogen (secondary N) is 1. The van der Waals surface area contributed by atoms with Gasteiger partial charge in [-0.1, -0.05) is 22.9 Å². The van der Waals surface area contributed by atoms with Crippen LogP contribution in [0.1, 0.15) is 10.4 Å². The molecule has 1 fully saturated rings. The Morgan fingerprint density at radius 2 is 1.86 bits per heavy atom. The van der Waals surface area contributed by atoms with Gasteiger partial charge in [-0.3, -0.25) is 19.8 Å². The maximum atomic E-state index is 12.4. The Hall–Kier alpha value is -2.86. The molecule has 2 aromatic carbocycles. The highest BCUT2D eigenvalue weighted by atomic mass is 35.5. The van der Waals surface area contributed by atoms with Gasteiger partial charge in [0.05, 0.1) is 29.7 Å². The minimum absolute atomic E-state index is 0. The zero-order chi connectivity index (χ0) is 24.2. The number of fused-ring (bicyclic) bond motifs is 1. The average molecular weight is 542 g/mol. The fourth-order valence-corrected chi connectivity index (χ4v) is 5.13. The van der Waals surface area contributed by atoms with Gasteiger partial charge in [-0.2, -0.15) is 0 Å². The smallest absolute Gasteiger partial charge is 0.270 e. The predicted octanol–water partition coefficient (Wildman–Crippen LogP) is 3.85. The van der Waals surface area contributed by atoms with Gasteiger partial charge in [0.25, 0.3) is 11.6 Å². The summed E-state index contributed by atoms with van der Waals surface area (Å²) in [6.07, 6.45) is 0. The summed E-state index contributed by atoms with van der Waals surface area (Å²) < 4.78 is 11.9. The number of halogens is 2. The van der Waals surface area contributed by atoms with Crippen molar-refractivity contribution in [1.29, 1.82) is 0 Å². The second kappa shape index (κ2) is 11.7. The lowest BCUT2D eigenvalue weighted by atomic mass is 10.2. The van der Waals surface area contributed by atoms with Gasteiger partial charge in [-0.25, -0.2) is 4.98 Å². The third kappa shape index (κ3) is 5.87. The minimum Gasteiger partial charge on any atom is -0.495 e. The number of nitrogens with zero attached hydrogens (tertiary/aromatic N) is 4. The van der Waals surface area contributed by atoms with Gasteiger partial charge in [-0.15, -0.1) is 12.4 Å². The Bertz CT molecular complexity index is 1180. The molecule has 0 unspecified atom stereocenters. The highest BCUT2D eigenvalue weighted by molar-refractivity contribution is 7.22. The van der Waals surface area contributed by atoms with Crippen molar-refractivity contribution < 1.29 is 19.2 Å². The third-order valence-electron chi connectivity index (χ3n) is 5.66. The number of piperazine rings is 1. The molecule has 1 saturated heterocycles. The van der Waals surface area contributed by atoms with Crippen molar-refractivity contribution >= 4 is 62.3 Å². The van der Waals surface area contributed by atoms with Crippen LogP contribution in [-0.4, -0.2) is 74.2 Å². The van der Waals surface area contributed by atoms with E-state index in [0.717, 1.165) is 53.0 Å². The third-order valence-corrected chi connectivity index (χ3v) is 7.12. The van der Waals surface area contributed by atoms with E-state index in [9.17, 15) is 14.9 Å². The number of benzene rings is 2. The number of amides is 1. The van der Waals surface area contributed by atoms with Crippen LogP contribution in [0.25, 0.3) is 10.2 Å². The van der Waals surface area contributed by atoms with Gasteiger partial charge < -0.3 is 19.7 Å². The molecule has 1 amide bonds. The molecule has 0 atom stereocenters. The second-order valence-corrected chi connectivity index (χ2v) is 9.03. The number of carbonyl (C=O) groups is 1. The van der Waals surface area contributed by atoms with Crippen LogP contribution >= 0.6 is 35.3 Å². The van der Waals surface area contributed by atoms with Crippen molar-refractivity contribution in [2.24, 2.45) is 0 Å². The van der Waals surface area contributed by atoms with E-state index in [2.05, 4.69) is 15.1 Å². The van der Waals surface area contributed by atoms with Crippen LogP contribution in [0.4, 0.5) is 10.8 Å². The van der Waals surface area contributed by atoms with Crippen molar-refractivity contribution in [3.05, 3.63) is 51.0 Å². The van der Waals surface area contributed by atoms with Crippen LogP contribution in [0.15, 0.2) is 30.3 Å². The zero-order valence-electron chi connectivity index (χ0n) is 19.2. The summed E-state index contributed by atoms with van der Waals surface area (Å²) in [5.74, 6) is 1.07. The summed E-state index contributed by atoms with van der Waals surface area (Å²) in [6.45, 7) is 4.31. The molecule has 0 spiro atoms. The Balaban J connectivity index is 0.00000342. The molecule has 0 aliphatic carbocycles. The van der Waals surface area contributed by atoms with E-state index in [1.165, 1.54) is 18.2 Å². The van der Waals surface area contributed by atoms with Crippen molar-refractivity contribution in [1.82, 2.24) is 15.2 Å². The summed E-state index contributed by atoms with van der Waals surface area (Å²) in [6, 6.07) is 7.57. The molecular weight excluding hydrogens is 517 g/mol. The molecule has 1 N–H and O–H groups in total. The molecule has 0 bridgehead atoms. The monoisotopic (exact) mass is 541 g/mol. The molecule has 0 radical (unpaired) electrons. The summed E-state index contributed by atoms with van der Waals surface area (Å²) in [5.41, 5.74) is 0.727. The molecule has 1 aliphatic rings. The van der Waals surface area contributed by atoms with Crippen LogP contribution in [0, 0.1) is 10.1 Å². The number of nitro groups is 1. The quantitative estimate of drug-likeness (QED) is 0.338. The Morgan fingerprint density at radius 1 is 1.17 bits per heavy atom. The summed E-state index contributed by atoms with van der Waals surface area (Å²) in [4.78, 5) is 32.1. The maximum absolute atomic E-state index is 12.4. The second-order valence-electron chi connectivity index (χ2n) is 7.65. The predicted molar refractivity (Wildman–Crippen MR) is 139 cm³/mol. The molecule has 1 aliphatic heterocycles. The highest BCUT2D eigenvalue weighted by Gasteiger charge is 2.22. The Kier molecular flexibility index (Phi) is 8.95. The molecule has 3 aromatic rings. The van der Waals surface area contributed by atoms with Crippen LogP contribution < -0.4 is 19.7 Å². The number of hydrogen-bond acceptors (Lipinski definition) is 9. The Morgan fingerprint density at radius 3 is 2.51 bits per heavy atom. The highest BCUT2D eigenvalue weighted by Crippen LogP contribution is 2.40. The number of rotatable bonds is 8. The van der Waals surface area contributed by atoms with Gasteiger partial charge >= 0.3 is 0 Å². The summed E-state index contributed by atoms with van der Waals surface area (Å²) in [7, 11) is 3.27. The lowest BCUT2D eigenvalue weighted by Gasteiger charge is -2.34. The van der Waals surface area contributed by atoms with E-state index in [-0.39, 0.29) is 28.7 Å². The normalized spacial score (nSPS) is 13.9. The first-order valence-corrected chi connectivity index (χ1v) is 11.8. The first kappa shape index (κ1) is 26.7. The number of methoxy groups -OCH3 is 2. The maximum Gasteiger partial charge on any atom is 0.270 e. The molecular formula is C22H25Cl2N5O5S. The first-order valence-electron chi connectivity index (χ1n) is 10.6. The van der Waals surface area contributed by atoms with Crippen LogP contribution in [-0.2, 0) is 0 Å². The van der Waals surface area contributed by atoms with Crippen molar-refractivity contribution in [3.8, 4) is 11.5 Å². The lowest BCUT2D eigenvalue weighted by Crippen LogP contribution is -2.48. The van der Waals surface area contributed by atoms with Gasteiger partial charge in [-0.05, 0) is 18.2 Å². The van der Waals surface area contributed by atoms with Crippen LogP contribution in [0.2, 0.25) is 5.02 Å². The van der Waals surface area contributed by atoms with Gasteiger partial charge in [0.2, 0.25) is 0 Å². The standard InChI is InChI=1S/C22H24ClN5O5S.ClH/c1-32-17-5-6-18(33-2)20-19(17)25-22(34-20)27-11-9-26(10-12-27)8-7-24-21(29)15-13-14(28(30)31)3-4-16(15)23;/h3-6,13H,7-12H2,1-2H3,(H,24,29);1H. The van der Waals surface area contributed by atoms with Crippen molar-refractivity contribution in [2.45, 2.75) is 0 Å². The number of hydrogen-bond donors (Lipinski definition) is 1. The summed E-state index contributed by atoms with van der Waals surface area (Å²) >= 11 is 7.63. The number of non-ortho nitro benzene ring substituents is 1. The number of aromatic nitrogens is 1. The fraction of sp³-hybridized carbons (Fsp3) is 0.364. The van der Waals surface area contributed by atoms with Crippen LogP contribution in [0.3, 0.4) is 0 Å². The fourth-order valence-electron chi connectivity index (χ4n) is 3.80. The number of anilines is 1. The lowest BCUT2D eigenvalue weighted by molar-refractivity contribution is -0.384. The van der Waals surface area contributed by atoms with Crippen molar-refractivity contribution in [2.75, 3.05) is 58.4 Å². The van der Waals surface area contributed by atoms with Crippen LogP contribution in [0.5, 0.6) is 11.5 Å². The average Bonchev–Trinajstić information content (AvgIpc) is 3.29. The van der Waals surface area contributed by atoms with Gasteiger partial charge in [0.1, 0.15) is 21.7 Å². The van der Waals surface area contributed by atoms with E-state index in [4.69, 9.17) is 26.1 Å². The van der Waals surface area contributed by atoms with E-state index in [0.29, 0.717) is 13.1 Å². The Labute approximate surface area is 217 Å². The minimum atomic E-state index is -0.551. The number of ether oxygens (including phenoxy) is 2. The van der Waals surface area contributed by atoms with Gasteiger partial charge in [0, 0.05) is 51.4 Å². The number of nitro benzene ring substituents is 1. The molecule has 13 heteroatoms. The SMILES string of the molecule is COc1ccc(OC)c2sc(N3CCN(CCNC(=O)c4cc([N+](=O)[O-])ccc4Cl)CC3)nc12.Cl. The van der Waals surface area contributed by atoms with E-state index < -0.39 is 10.8 Å². The number of carbonyl (C=O) groups excluding carboxylic acids is 1. The summed E-state index contributed by atoms with van der Waals surface area (Å²) in [5, 5.41) is 14.9. The first-order chi connectivity index (χ1) is 16.4. The topological polar surface area (TPSA) is 110 Å². The molecule has 4 rings (SSSR count). The number of thiazole rings is 1. The molecule has 10 nitrogen and oxygen atoms in total. The van der Waals surface area contributed by atoms with Gasteiger partial charge in [0.15, 0.2) is 5.13 Å². The molecule has 0 saturated carbocycles. The van der Waals surface area contributed by atoms with E-state index in [1.54, 1.807) is 25.6 Å². The molecule has 1 aromatic heterocycles. The molecule has 2 heterocycles. The molecule has 188 valence electrons. The van der Waals surface area contributed by atoms with Crippen molar-refractivity contribution in [3.63, 3.8) is 0 Å². The van der Waals surface area contributed by atoms with E-state index >= 15 is 0 Å². The zero-order valence-corrected chi connectivity index (χ0v) is 21.5. The van der Waals surface area contributed by atoms with E-state index in [1.807, 2.05) is 12.1 Å².